The first-order valence-corrected chi connectivity index (χ1v) is 8.90. The number of likely N-dealkylation sites (tertiary alicyclic amines) is 1. The van der Waals surface area contributed by atoms with Crippen molar-refractivity contribution in [2.45, 2.75) is 58.5 Å². The Morgan fingerprint density at radius 2 is 1.73 bits per heavy atom. The summed E-state index contributed by atoms with van der Waals surface area (Å²) in [4.78, 5) is 49.9. The van der Waals surface area contributed by atoms with Gasteiger partial charge in [0.05, 0.1) is 19.6 Å². The van der Waals surface area contributed by atoms with Gasteiger partial charge in [-0.2, -0.15) is 0 Å². The van der Waals surface area contributed by atoms with Crippen LogP contribution in [0.25, 0.3) is 0 Å². The van der Waals surface area contributed by atoms with Gasteiger partial charge in [0.15, 0.2) is 0 Å². The van der Waals surface area contributed by atoms with E-state index in [1.54, 1.807) is 20.8 Å². The number of nitrogens with zero attached hydrogens (tertiary/aromatic N) is 2. The zero-order valence-electron chi connectivity index (χ0n) is 15.6. The average Bonchev–Trinajstić information content (AvgIpc) is 2.55. The van der Waals surface area contributed by atoms with E-state index in [2.05, 4.69) is 0 Å². The molecule has 9 heteroatoms. The van der Waals surface area contributed by atoms with E-state index in [9.17, 15) is 24.3 Å². The van der Waals surface area contributed by atoms with Crippen LogP contribution in [0, 0.1) is 0 Å². The number of carbonyl (C=O) groups is 4. The van der Waals surface area contributed by atoms with Crippen molar-refractivity contribution in [2.24, 2.45) is 0 Å². The van der Waals surface area contributed by atoms with E-state index < -0.39 is 30.4 Å². The summed E-state index contributed by atoms with van der Waals surface area (Å²) < 4.78 is 9.71. The minimum absolute atomic E-state index is 0.0237. The summed E-state index contributed by atoms with van der Waals surface area (Å²) in [5.41, 5.74) is 0. The maximum Gasteiger partial charge on any atom is 0.407 e. The maximum atomic E-state index is 12.6. The smallest absolute Gasteiger partial charge is 0.407 e. The molecular weight excluding hydrogens is 344 g/mol. The Labute approximate surface area is 153 Å². The third-order valence-corrected chi connectivity index (χ3v) is 4.32. The van der Waals surface area contributed by atoms with Crippen LogP contribution < -0.4 is 0 Å². The van der Waals surface area contributed by atoms with Gasteiger partial charge in [0, 0.05) is 25.2 Å². The summed E-state index contributed by atoms with van der Waals surface area (Å²) in [7, 11) is 0. The Balaban J connectivity index is 2.79. The summed E-state index contributed by atoms with van der Waals surface area (Å²) in [6, 6.07) is -0.497. The summed E-state index contributed by atoms with van der Waals surface area (Å²) >= 11 is 0. The van der Waals surface area contributed by atoms with Gasteiger partial charge >= 0.3 is 18.0 Å². The van der Waals surface area contributed by atoms with Gasteiger partial charge in [-0.1, -0.05) is 0 Å². The van der Waals surface area contributed by atoms with Crippen molar-refractivity contribution >= 4 is 23.9 Å². The van der Waals surface area contributed by atoms with E-state index in [0.717, 1.165) is 0 Å². The molecule has 1 saturated heterocycles. The van der Waals surface area contributed by atoms with E-state index in [1.807, 2.05) is 0 Å². The van der Waals surface area contributed by atoms with E-state index >= 15 is 0 Å². The minimum Gasteiger partial charge on any atom is -0.466 e. The van der Waals surface area contributed by atoms with E-state index in [-0.39, 0.29) is 38.3 Å². The molecule has 0 aromatic rings. The molecular formula is C17H28N2O7. The highest BCUT2D eigenvalue weighted by Crippen LogP contribution is 2.23. The maximum absolute atomic E-state index is 12.6. The first kappa shape index (κ1) is 21.7. The van der Waals surface area contributed by atoms with E-state index in [4.69, 9.17) is 9.47 Å². The summed E-state index contributed by atoms with van der Waals surface area (Å²) in [5, 5.41) is 9.18. The second kappa shape index (κ2) is 10.6. The molecule has 2 atom stereocenters. The van der Waals surface area contributed by atoms with Crippen LogP contribution in [0.3, 0.4) is 0 Å². The number of amides is 2. The number of hydrogen-bond acceptors (Lipinski definition) is 6. The third-order valence-electron chi connectivity index (χ3n) is 4.32. The van der Waals surface area contributed by atoms with Crippen molar-refractivity contribution in [1.82, 2.24) is 9.80 Å². The molecule has 0 spiro atoms. The molecule has 1 rings (SSSR count). The number of ether oxygens (including phenoxy) is 2. The van der Waals surface area contributed by atoms with Crippen LogP contribution in [0.4, 0.5) is 4.79 Å². The number of piperidine rings is 1. The quantitative estimate of drug-likeness (QED) is 0.504. The molecule has 0 radical (unpaired) electrons. The van der Waals surface area contributed by atoms with Crippen LogP contribution >= 0.6 is 0 Å². The van der Waals surface area contributed by atoms with Crippen molar-refractivity contribution in [3.8, 4) is 0 Å². The molecule has 1 N–H and O–H groups in total. The fraction of sp³-hybridized carbons (Fsp3) is 0.765. The van der Waals surface area contributed by atoms with E-state index in [1.165, 1.54) is 9.80 Å². The molecule has 1 fully saturated rings. The number of carbonyl (C=O) groups excluding carboxylic acids is 3. The lowest BCUT2D eigenvalue weighted by Crippen LogP contribution is -2.52. The van der Waals surface area contributed by atoms with Crippen LogP contribution in [0.1, 0.15) is 46.5 Å². The van der Waals surface area contributed by atoms with Gasteiger partial charge in [0.1, 0.15) is 6.42 Å². The molecule has 1 heterocycles. The summed E-state index contributed by atoms with van der Waals surface area (Å²) in [6.45, 7) is 5.99. The topological polar surface area (TPSA) is 113 Å². The molecule has 26 heavy (non-hydrogen) atoms. The first-order chi connectivity index (χ1) is 12.3. The largest absolute Gasteiger partial charge is 0.466 e. The van der Waals surface area contributed by atoms with Crippen LogP contribution in [-0.4, -0.2) is 77.2 Å². The number of carboxylic acid groups (broad SMARTS) is 1. The lowest BCUT2D eigenvalue weighted by Gasteiger charge is -2.41. The van der Waals surface area contributed by atoms with Crippen LogP contribution in [0.5, 0.6) is 0 Å². The molecule has 0 aromatic heterocycles. The Morgan fingerprint density at radius 1 is 1.12 bits per heavy atom. The van der Waals surface area contributed by atoms with Gasteiger partial charge in [-0.25, -0.2) is 4.79 Å². The van der Waals surface area contributed by atoms with Crippen molar-refractivity contribution in [2.75, 3.05) is 26.3 Å². The van der Waals surface area contributed by atoms with Crippen molar-refractivity contribution in [3.05, 3.63) is 0 Å². The lowest BCUT2D eigenvalue weighted by molar-refractivity contribution is -0.150. The number of rotatable bonds is 8. The Morgan fingerprint density at radius 3 is 2.27 bits per heavy atom. The summed E-state index contributed by atoms with van der Waals surface area (Å²) in [5.74, 6) is -1.46. The Bertz CT molecular complexity index is 523. The highest BCUT2D eigenvalue weighted by Gasteiger charge is 2.34. The van der Waals surface area contributed by atoms with Crippen LogP contribution in [0.15, 0.2) is 0 Å². The fourth-order valence-electron chi connectivity index (χ4n) is 3.11. The van der Waals surface area contributed by atoms with Crippen LogP contribution in [-0.2, 0) is 23.9 Å². The average molecular weight is 372 g/mol. The van der Waals surface area contributed by atoms with Crippen LogP contribution in [0.2, 0.25) is 0 Å². The zero-order chi connectivity index (χ0) is 19.7. The van der Waals surface area contributed by atoms with Crippen molar-refractivity contribution in [3.63, 3.8) is 0 Å². The molecule has 0 bridgehead atoms. The highest BCUT2D eigenvalue weighted by molar-refractivity contribution is 5.94. The number of esters is 2. The molecule has 9 nitrogen and oxygen atoms in total. The third kappa shape index (κ3) is 6.53. The molecule has 0 aromatic carbocycles. The summed E-state index contributed by atoms with van der Waals surface area (Å²) in [6.07, 6.45) is -0.468. The second-order valence-electron chi connectivity index (χ2n) is 6.13. The minimum atomic E-state index is -0.994. The molecule has 2 amide bonds. The predicted octanol–water partition coefficient (Wildman–Crippen LogP) is 1.25. The van der Waals surface area contributed by atoms with Gasteiger partial charge < -0.3 is 24.4 Å². The van der Waals surface area contributed by atoms with Crippen molar-refractivity contribution in [1.29, 1.82) is 0 Å². The molecule has 0 saturated carbocycles. The van der Waals surface area contributed by atoms with Gasteiger partial charge in [-0.15, -0.1) is 0 Å². The fourth-order valence-corrected chi connectivity index (χ4v) is 3.11. The lowest BCUT2D eigenvalue weighted by atomic mass is 9.96. The SMILES string of the molecule is CCOC(=O)CCN(C(=O)CC(=O)OCC)C1CCN(C(=O)O)[C@H](C)C1. The first-order valence-electron chi connectivity index (χ1n) is 8.90. The molecule has 148 valence electrons. The van der Waals surface area contributed by atoms with Gasteiger partial charge in [-0.05, 0) is 33.6 Å². The Hall–Kier alpha value is -2.32. The van der Waals surface area contributed by atoms with Gasteiger partial charge in [0.2, 0.25) is 5.91 Å². The van der Waals surface area contributed by atoms with Gasteiger partial charge in [0.25, 0.3) is 0 Å². The molecule has 0 aliphatic carbocycles. The monoisotopic (exact) mass is 372 g/mol. The highest BCUT2D eigenvalue weighted by atomic mass is 16.5. The van der Waals surface area contributed by atoms with Gasteiger partial charge in [-0.3, -0.25) is 14.4 Å². The van der Waals surface area contributed by atoms with Crippen molar-refractivity contribution < 1.29 is 33.8 Å². The Kier molecular flexibility index (Phi) is 8.87. The van der Waals surface area contributed by atoms with E-state index in [0.29, 0.717) is 19.4 Å². The second-order valence-corrected chi connectivity index (χ2v) is 6.13. The molecule has 1 aliphatic heterocycles. The molecule has 1 unspecified atom stereocenters. The standard InChI is InChI=1S/C17H28N2O7/c1-4-25-15(21)7-9-19(14(20)11-16(22)26-5-2)13-6-8-18(17(23)24)12(3)10-13/h12-13H,4-11H2,1-3H3,(H,23,24)/t12-,13?/m1/s1. The normalized spacial score (nSPS) is 19.6. The zero-order valence-corrected chi connectivity index (χ0v) is 15.6. The number of hydrogen-bond donors (Lipinski definition) is 1. The predicted molar refractivity (Wildman–Crippen MR) is 91.4 cm³/mol. The molecule has 1 aliphatic rings.